The standard InChI is InChI=1S/C17H42O6Si5/c1-13-14(18)19-17(20-24,21-25)15(2,3)16(4,5)28(12,22-26(6,7)8)23-27(9,10)11/h13H,1H2,2-12,24-25H3. The van der Waals surface area contributed by atoms with E-state index in [4.69, 9.17) is 21.8 Å². The van der Waals surface area contributed by atoms with Gasteiger partial charge in [0, 0.05) is 11.1 Å². The van der Waals surface area contributed by atoms with E-state index in [9.17, 15) is 4.79 Å². The Bertz CT molecular complexity index is 545. The van der Waals surface area contributed by atoms with Gasteiger partial charge in [-0.15, -0.1) is 0 Å². The van der Waals surface area contributed by atoms with E-state index in [0.717, 1.165) is 6.08 Å². The minimum atomic E-state index is -2.81. The first-order chi connectivity index (χ1) is 12.2. The lowest BCUT2D eigenvalue weighted by Crippen LogP contribution is -2.67. The third-order valence-electron chi connectivity index (χ3n) is 5.40. The van der Waals surface area contributed by atoms with E-state index in [0.29, 0.717) is 21.0 Å². The van der Waals surface area contributed by atoms with Crippen molar-refractivity contribution in [3.8, 4) is 0 Å². The molecule has 0 aliphatic rings. The molecule has 166 valence electrons. The number of ether oxygens (including phenoxy) is 1. The summed E-state index contributed by atoms with van der Waals surface area (Å²) in [6.45, 7) is 26.9. The minimum absolute atomic E-state index is 0.337. The molecule has 0 radical (unpaired) electrons. The predicted molar refractivity (Wildman–Crippen MR) is 129 cm³/mol. The molecule has 0 saturated carbocycles. The van der Waals surface area contributed by atoms with Crippen molar-refractivity contribution in [2.45, 2.75) is 84.5 Å². The van der Waals surface area contributed by atoms with Crippen LogP contribution in [-0.4, -0.2) is 58.1 Å². The molecule has 0 fully saturated rings. The molecule has 0 bridgehead atoms. The quantitative estimate of drug-likeness (QED) is 0.195. The number of hydrogen-bond acceptors (Lipinski definition) is 6. The molecule has 0 atom stereocenters. The molecule has 0 rings (SSSR count). The first-order valence-electron chi connectivity index (χ1n) is 9.60. The lowest BCUT2D eigenvalue weighted by molar-refractivity contribution is -0.342. The SMILES string of the molecule is C=CC(=O)OC(O[SiH3])(O[SiH3])C(C)(C)C(C)(C)[Si](C)(O[Si](C)(C)C)O[Si](C)(C)C. The van der Waals surface area contributed by atoms with Crippen molar-refractivity contribution in [3.63, 3.8) is 0 Å². The van der Waals surface area contributed by atoms with Gasteiger partial charge in [-0.1, -0.05) is 34.3 Å². The maximum Gasteiger partial charge on any atom is 0.334 e. The third-order valence-corrected chi connectivity index (χ3v) is 17.4. The molecule has 0 aliphatic carbocycles. The summed E-state index contributed by atoms with van der Waals surface area (Å²) in [4.78, 5) is 12.1. The van der Waals surface area contributed by atoms with Crippen LogP contribution in [0.5, 0.6) is 0 Å². The van der Waals surface area contributed by atoms with Gasteiger partial charge in [-0.2, -0.15) is 0 Å². The highest BCUT2D eigenvalue weighted by Crippen LogP contribution is 2.60. The fraction of sp³-hybridized carbons (Fsp3) is 0.824. The number of rotatable bonds is 11. The van der Waals surface area contributed by atoms with Crippen molar-refractivity contribution in [1.29, 1.82) is 0 Å². The number of carbonyl (C=O) groups excluding carboxylic acids is 1. The van der Waals surface area contributed by atoms with Crippen molar-refractivity contribution in [2.75, 3.05) is 0 Å². The maximum absolute atomic E-state index is 12.1. The molecule has 0 aromatic carbocycles. The van der Waals surface area contributed by atoms with Crippen LogP contribution in [0.1, 0.15) is 27.7 Å². The zero-order valence-electron chi connectivity index (χ0n) is 20.2. The number of esters is 1. The maximum atomic E-state index is 12.1. The van der Waals surface area contributed by atoms with Crippen LogP contribution in [0.15, 0.2) is 12.7 Å². The second kappa shape index (κ2) is 9.10. The monoisotopic (exact) mass is 482 g/mol. The highest BCUT2D eigenvalue weighted by molar-refractivity contribution is 6.89. The topological polar surface area (TPSA) is 63.2 Å². The second-order valence-electron chi connectivity index (χ2n) is 10.2. The smallest absolute Gasteiger partial charge is 0.334 e. The van der Waals surface area contributed by atoms with Crippen molar-refractivity contribution < 1.29 is 26.6 Å². The molecular formula is C17H42O6Si5. The summed E-state index contributed by atoms with van der Waals surface area (Å²) < 4.78 is 31.0. The van der Waals surface area contributed by atoms with Gasteiger partial charge >= 0.3 is 20.5 Å². The summed E-state index contributed by atoms with van der Waals surface area (Å²) in [6, 6.07) is 0. The van der Waals surface area contributed by atoms with Crippen LogP contribution in [0.2, 0.25) is 50.9 Å². The molecule has 0 aliphatic heterocycles. The predicted octanol–water partition coefficient (Wildman–Crippen LogP) is 2.54. The van der Waals surface area contributed by atoms with Crippen molar-refractivity contribution in [2.24, 2.45) is 5.41 Å². The summed E-state index contributed by atoms with van der Waals surface area (Å²) in [7, 11) is -5.99. The Morgan fingerprint density at radius 2 is 1.21 bits per heavy atom. The lowest BCUT2D eigenvalue weighted by Gasteiger charge is -2.58. The Hall–Kier alpha value is 0.134. The van der Waals surface area contributed by atoms with Crippen LogP contribution in [0.3, 0.4) is 0 Å². The fourth-order valence-electron chi connectivity index (χ4n) is 3.37. The first-order valence-corrected chi connectivity index (χ1v) is 20.4. The molecule has 0 spiro atoms. The normalized spacial score (nSPS) is 16.7. The highest BCUT2D eigenvalue weighted by atomic mass is 28.5. The van der Waals surface area contributed by atoms with E-state index < -0.39 is 47.6 Å². The van der Waals surface area contributed by atoms with Crippen LogP contribution in [0.25, 0.3) is 0 Å². The van der Waals surface area contributed by atoms with E-state index in [-0.39, 0.29) is 0 Å². The van der Waals surface area contributed by atoms with Gasteiger partial charge in [-0.25, -0.2) is 4.79 Å². The van der Waals surface area contributed by atoms with Crippen LogP contribution in [-0.2, 0) is 26.6 Å². The van der Waals surface area contributed by atoms with Gasteiger partial charge in [0.1, 0.15) is 0 Å². The minimum Gasteiger partial charge on any atom is -0.436 e. The second-order valence-corrected chi connectivity index (χ2v) is 24.3. The molecule has 0 unspecified atom stereocenters. The van der Waals surface area contributed by atoms with Gasteiger partial charge in [0.05, 0.1) is 5.41 Å². The van der Waals surface area contributed by atoms with Crippen LogP contribution in [0, 0.1) is 5.41 Å². The van der Waals surface area contributed by atoms with Crippen LogP contribution >= 0.6 is 0 Å². The van der Waals surface area contributed by atoms with E-state index in [1.165, 1.54) is 0 Å². The average Bonchev–Trinajstić information content (AvgIpc) is 2.47. The summed E-state index contributed by atoms with van der Waals surface area (Å²) >= 11 is 0. The van der Waals surface area contributed by atoms with Gasteiger partial charge in [0.15, 0.2) is 37.6 Å². The summed E-state index contributed by atoms with van der Waals surface area (Å²) in [6.07, 6.45) is 1.13. The van der Waals surface area contributed by atoms with Crippen LogP contribution < -0.4 is 0 Å². The zero-order chi connectivity index (χ0) is 22.8. The van der Waals surface area contributed by atoms with Crippen molar-refractivity contribution in [3.05, 3.63) is 12.7 Å². The Balaban J connectivity index is 6.59. The van der Waals surface area contributed by atoms with Crippen molar-refractivity contribution in [1.82, 2.24) is 0 Å². The first kappa shape index (κ1) is 28.1. The summed E-state index contributed by atoms with van der Waals surface area (Å²) in [5.74, 6) is -2.07. The van der Waals surface area contributed by atoms with E-state index >= 15 is 0 Å². The third kappa shape index (κ3) is 6.07. The Morgan fingerprint density at radius 3 is 1.46 bits per heavy atom. The lowest BCUT2D eigenvalue weighted by atomic mass is 9.77. The molecule has 0 aromatic heterocycles. The average molecular weight is 483 g/mol. The molecule has 6 nitrogen and oxygen atoms in total. The van der Waals surface area contributed by atoms with Gasteiger partial charge < -0.3 is 21.8 Å². The Labute approximate surface area is 181 Å². The highest BCUT2D eigenvalue weighted by Gasteiger charge is 2.67. The van der Waals surface area contributed by atoms with Crippen LogP contribution in [0.4, 0.5) is 0 Å². The molecule has 11 heteroatoms. The number of carbonyl (C=O) groups is 1. The van der Waals surface area contributed by atoms with E-state index in [1.807, 2.05) is 13.8 Å². The summed E-state index contributed by atoms with van der Waals surface area (Å²) in [5.41, 5.74) is -0.748. The summed E-state index contributed by atoms with van der Waals surface area (Å²) in [5, 5.41) is -0.517. The van der Waals surface area contributed by atoms with Crippen molar-refractivity contribution >= 4 is 52.1 Å². The van der Waals surface area contributed by atoms with E-state index in [2.05, 4.69) is 66.3 Å². The van der Waals surface area contributed by atoms with Gasteiger partial charge in [-0.05, 0) is 45.8 Å². The Kier molecular flexibility index (Phi) is 9.14. The molecule has 0 amide bonds. The zero-order valence-corrected chi connectivity index (χ0v) is 27.2. The van der Waals surface area contributed by atoms with Gasteiger partial charge in [-0.3, -0.25) is 0 Å². The molecule has 28 heavy (non-hydrogen) atoms. The van der Waals surface area contributed by atoms with E-state index in [1.54, 1.807) is 0 Å². The molecule has 0 aromatic rings. The van der Waals surface area contributed by atoms with Gasteiger partial charge in [0.25, 0.3) is 0 Å². The molecule has 0 saturated heterocycles. The molecule has 0 heterocycles. The largest absolute Gasteiger partial charge is 0.436 e. The van der Waals surface area contributed by atoms with Gasteiger partial charge in [0.2, 0.25) is 0 Å². The number of hydrogen-bond donors (Lipinski definition) is 0. The molecular weight excluding hydrogens is 441 g/mol. The Morgan fingerprint density at radius 1 is 0.857 bits per heavy atom. The molecule has 0 N–H and O–H groups in total. The fourth-order valence-corrected chi connectivity index (χ4v) is 18.4.